The number of nitrogens with zero attached hydrogens (tertiary/aromatic N) is 2. The largest absolute Gasteiger partial charge is 0.444 e. The van der Waals surface area contributed by atoms with Crippen molar-refractivity contribution in [3.8, 4) is 17.5 Å². The summed E-state index contributed by atoms with van der Waals surface area (Å²) in [7, 11) is 0. The predicted molar refractivity (Wildman–Crippen MR) is 124 cm³/mol. The van der Waals surface area contributed by atoms with E-state index in [1.165, 1.54) is 4.57 Å². The highest BCUT2D eigenvalue weighted by Crippen LogP contribution is 2.22. The van der Waals surface area contributed by atoms with E-state index < -0.39 is 17.7 Å². The first kappa shape index (κ1) is 23.0. The Morgan fingerprint density at radius 1 is 1.19 bits per heavy atom. The van der Waals surface area contributed by atoms with E-state index in [0.717, 1.165) is 0 Å². The second-order valence-corrected chi connectivity index (χ2v) is 8.21. The number of carbonyl (C=O) groups excluding carboxylic acids is 1. The van der Waals surface area contributed by atoms with E-state index in [0.29, 0.717) is 34.4 Å². The summed E-state index contributed by atoms with van der Waals surface area (Å²) < 4.78 is 6.91. The van der Waals surface area contributed by atoms with E-state index in [9.17, 15) is 9.59 Å². The molecule has 1 atom stereocenters. The Kier molecular flexibility index (Phi) is 6.96. The lowest BCUT2D eigenvalue weighted by atomic mass is 10.1. The Labute approximate surface area is 187 Å². The van der Waals surface area contributed by atoms with Crippen LogP contribution in [0.5, 0.6) is 0 Å². The summed E-state index contributed by atoms with van der Waals surface area (Å²) in [6, 6.07) is 13.8. The van der Waals surface area contributed by atoms with Crippen molar-refractivity contribution in [3.63, 3.8) is 0 Å². The van der Waals surface area contributed by atoms with Gasteiger partial charge >= 0.3 is 6.09 Å². The van der Waals surface area contributed by atoms with E-state index in [2.05, 4.69) is 17.2 Å². The van der Waals surface area contributed by atoms with Crippen molar-refractivity contribution in [3.05, 3.63) is 70.3 Å². The number of aliphatic hydroxyl groups excluding tert-OH is 1. The van der Waals surface area contributed by atoms with Crippen molar-refractivity contribution in [1.29, 1.82) is 0 Å². The van der Waals surface area contributed by atoms with Gasteiger partial charge in [-0.2, -0.15) is 0 Å². The van der Waals surface area contributed by atoms with Crippen LogP contribution in [0, 0.1) is 11.8 Å². The van der Waals surface area contributed by atoms with Gasteiger partial charge in [-0.05, 0) is 51.5 Å². The van der Waals surface area contributed by atoms with Crippen LogP contribution in [0.4, 0.5) is 4.79 Å². The average Bonchev–Trinajstić information content (AvgIpc) is 2.75. The monoisotopic (exact) mass is 433 g/mol. The molecule has 0 unspecified atom stereocenters. The summed E-state index contributed by atoms with van der Waals surface area (Å²) in [5, 5.41) is 12.3. The van der Waals surface area contributed by atoms with Gasteiger partial charge in [-0.3, -0.25) is 9.36 Å². The van der Waals surface area contributed by atoms with Crippen LogP contribution in [0.2, 0.25) is 0 Å². The lowest BCUT2D eigenvalue weighted by molar-refractivity contribution is 0.0499. The van der Waals surface area contributed by atoms with E-state index in [1.807, 2.05) is 25.1 Å². The van der Waals surface area contributed by atoms with Crippen molar-refractivity contribution in [1.82, 2.24) is 14.9 Å². The highest BCUT2D eigenvalue weighted by atomic mass is 16.6. The fourth-order valence-corrected chi connectivity index (χ4v) is 3.35. The standard InChI is InChI=1S/C25H27N3O4/c1-5-19(27-24(31)32-25(2,3)4)22-26-20-15-9-11-17(12-10-16-29)21(20)23(30)28(22)18-13-7-6-8-14-18/h6-9,11,13-15,19,29H,5,16H2,1-4H3,(H,27,31)/t19-/m0/s1. The zero-order chi connectivity index (χ0) is 23.3. The maximum Gasteiger partial charge on any atom is 0.408 e. The van der Waals surface area contributed by atoms with Gasteiger partial charge in [0.05, 0.1) is 22.6 Å². The van der Waals surface area contributed by atoms with E-state index in [4.69, 9.17) is 14.8 Å². The molecule has 0 aliphatic carbocycles. The number of benzene rings is 2. The minimum absolute atomic E-state index is 0.302. The van der Waals surface area contributed by atoms with Gasteiger partial charge in [0.1, 0.15) is 18.0 Å². The molecule has 7 heteroatoms. The molecule has 0 aliphatic rings. The molecule has 0 bridgehead atoms. The number of aromatic nitrogens is 2. The van der Waals surface area contributed by atoms with Crippen molar-refractivity contribution in [2.75, 3.05) is 6.61 Å². The van der Waals surface area contributed by atoms with Gasteiger partial charge in [-0.1, -0.05) is 43.0 Å². The van der Waals surface area contributed by atoms with Crippen LogP contribution in [0.3, 0.4) is 0 Å². The van der Waals surface area contributed by atoms with Crippen molar-refractivity contribution in [2.24, 2.45) is 0 Å². The third kappa shape index (κ3) is 5.16. The van der Waals surface area contributed by atoms with Gasteiger partial charge in [-0.15, -0.1) is 0 Å². The molecule has 0 fully saturated rings. The fourth-order valence-electron chi connectivity index (χ4n) is 3.35. The third-order valence-corrected chi connectivity index (χ3v) is 4.65. The third-order valence-electron chi connectivity index (χ3n) is 4.65. The number of aliphatic hydroxyl groups is 1. The number of rotatable bonds is 4. The molecule has 7 nitrogen and oxygen atoms in total. The molecule has 0 saturated carbocycles. The van der Waals surface area contributed by atoms with E-state index in [-0.39, 0.29) is 12.2 Å². The Bertz CT molecular complexity index is 1230. The maximum atomic E-state index is 13.7. The summed E-state index contributed by atoms with van der Waals surface area (Å²) in [6.45, 7) is 6.95. The maximum absolute atomic E-state index is 13.7. The number of para-hydroxylation sites is 1. The normalized spacial score (nSPS) is 12.0. The van der Waals surface area contributed by atoms with Crippen LogP contribution in [0.15, 0.2) is 53.3 Å². The first-order chi connectivity index (χ1) is 15.2. The molecular weight excluding hydrogens is 406 g/mol. The number of hydrogen-bond donors (Lipinski definition) is 2. The van der Waals surface area contributed by atoms with Crippen molar-refractivity contribution in [2.45, 2.75) is 45.8 Å². The molecule has 32 heavy (non-hydrogen) atoms. The molecular formula is C25H27N3O4. The van der Waals surface area contributed by atoms with Crippen LogP contribution in [0.1, 0.15) is 51.5 Å². The molecule has 2 N–H and O–H groups in total. The number of ether oxygens (including phenoxy) is 1. The molecule has 0 spiro atoms. The highest BCUT2D eigenvalue weighted by molar-refractivity contribution is 5.84. The van der Waals surface area contributed by atoms with Gasteiger partial charge in [0.15, 0.2) is 0 Å². The van der Waals surface area contributed by atoms with Gasteiger partial charge in [-0.25, -0.2) is 9.78 Å². The van der Waals surface area contributed by atoms with Crippen LogP contribution in [0.25, 0.3) is 16.6 Å². The zero-order valence-corrected chi connectivity index (χ0v) is 18.7. The Morgan fingerprint density at radius 3 is 2.53 bits per heavy atom. The van der Waals surface area contributed by atoms with Gasteiger partial charge in [0, 0.05) is 5.56 Å². The number of fused-ring (bicyclic) bond motifs is 1. The molecule has 0 saturated heterocycles. The average molecular weight is 434 g/mol. The number of nitrogens with one attached hydrogen (secondary N) is 1. The molecule has 2 aromatic carbocycles. The van der Waals surface area contributed by atoms with Gasteiger partial charge in [0.25, 0.3) is 5.56 Å². The number of hydrogen-bond acceptors (Lipinski definition) is 5. The molecule has 1 amide bonds. The Hall–Kier alpha value is -3.63. The SMILES string of the molecule is CC[C@H](NC(=O)OC(C)(C)C)c1nc2cccc(C#CCO)c2c(=O)n1-c1ccccc1. The first-order valence-corrected chi connectivity index (χ1v) is 10.5. The second-order valence-electron chi connectivity index (χ2n) is 8.21. The first-order valence-electron chi connectivity index (χ1n) is 10.5. The van der Waals surface area contributed by atoms with Crippen molar-refractivity contribution < 1.29 is 14.6 Å². The number of alkyl carbamates (subject to hydrolysis) is 1. The summed E-state index contributed by atoms with van der Waals surface area (Å²) in [4.78, 5) is 31.0. The second kappa shape index (κ2) is 9.67. The number of amides is 1. The minimum atomic E-state index is -0.654. The van der Waals surface area contributed by atoms with Crippen LogP contribution >= 0.6 is 0 Å². The van der Waals surface area contributed by atoms with E-state index >= 15 is 0 Å². The quantitative estimate of drug-likeness (QED) is 0.612. The summed E-state index contributed by atoms with van der Waals surface area (Å²) in [6.07, 6.45) is -0.0884. The molecule has 3 rings (SSSR count). The van der Waals surface area contributed by atoms with Gasteiger partial charge in [0.2, 0.25) is 0 Å². The molecule has 3 aromatic rings. The molecule has 0 aliphatic heterocycles. The Balaban J connectivity index is 2.25. The smallest absolute Gasteiger partial charge is 0.408 e. The lowest BCUT2D eigenvalue weighted by Crippen LogP contribution is -2.37. The highest BCUT2D eigenvalue weighted by Gasteiger charge is 2.25. The summed E-state index contributed by atoms with van der Waals surface area (Å²) in [5.41, 5.74) is 0.614. The molecule has 1 heterocycles. The molecule has 166 valence electrons. The van der Waals surface area contributed by atoms with Gasteiger partial charge < -0.3 is 15.2 Å². The summed E-state index contributed by atoms with van der Waals surface area (Å²) in [5.74, 6) is 5.83. The van der Waals surface area contributed by atoms with Crippen molar-refractivity contribution >= 4 is 17.0 Å². The predicted octanol–water partition coefficient (Wildman–Crippen LogP) is 3.71. The topological polar surface area (TPSA) is 93.5 Å². The number of carbonyl (C=O) groups is 1. The summed E-state index contributed by atoms with van der Waals surface area (Å²) >= 11 is 0. The van der Waals surface area contributed by atoms with Crippen LogP contribution in [-0.2, 0) is 4.74 Å². The molecule has 0 radical (unpaired) electrons. The minimum Gasteiger partial charge on any atom is -0.444 e. The molecule has 1 aromatic heterocycles. The Morgan fingerprint density at radius 2 is 1.91 bits per heavy atom. The van der Waals surface area contributed by atoms with Crippen LogP contribution in [-0.4, -0.2) is 33.0 Å². The lowest BCUT2D eigenvalue weighted by Gasteiger charge is -2.24. The van der Waals surface area contributed by atoms with E-state index in [1.54, 1.807) is 51.1 Å². The fraction of sp³-hybridized carbons (Fsp3) is 0.320. The van der Waals surface area contributed by atoms with Crippen LogP contribution < -0.4 is 10.9 Å². The zero-order valence-electron chi connectivity index (χ0n) is 18.7.